The molecule has 4 heteroatoms. The second-order valence-electron chi connectivity index (χ2n) is 4.36. The average Bonchev–Trinajstić information content (AvgIpc) is 2.29. The number of nitrogens with one attached hydrogen (secondary N) is 1. The van der Waals surface area contributed by atoms with Gasteiger partial charge in [0.1, 0.15) is 6.04 Å². The van der Waals surface area contributed by atoms with Crippen LogP contribution in [-0.2, 0) is 9.53 Å². The predicted octanol–water partition coefficient (Wildman–Crippen LogP) is 3.45. The van der Waals surface area contributed by atoms with Crippen molar-refractivity contribution >= 4 is 27.6 Å². The fraction of sp³-hybridized carbons (Fsp3) is 0.462. The molecular formula is C13H18BrNO2. The molecule has 0 heterocycles. The van der Waals surface area contributed by atoms with Crippen molar-refractivity contribution in [3.05, 3.63) is 28.7 Å². The van der Waals surface area contributed by atoms with E-state index in [0.717, 1.165) is 16.6 Å². The number of rotatable bonds is 5. The van der Waals surface area contributed by atoms with Gasteiger partial charge in [-0.05, 0) is 36.6 Å². The zero-order valence-corrected chi connectivity index (χ0v) is 12.0. The Morgan fingerprint density at radius 2 is 1.94 bits per heavy atom. The standard InChI is InChI=1S/C13H18BrNO2/c1-9(2)8-12(13(16)17-3)15-11-6-4-10(14)5-7-11/h4-7,9,12,15H,8H2,1-3H3. The van der Waals surface area contributed by atoms with Crippen LogP contribution in [0.25, 0.3) is 0 Å². The van der Waals surface area contributed by atoms with E-state index in [4.69, 9.17) is 4.74 Å². The minimum atomic E-state index is -0.291. The van der Waals surface area contributed by atoms with Gasteiger partial charge in [0.25, 0.3) is 0 Å². The number of carbonyl (C=O) groups is 1. The summed E-state index contributed by atoms with van der Waals surface area (Å²) in [5.74, 6) is 0.212. The Hall–Kier alpha value is -1.03. The van der Waals surface area contributed by atoms with Crippen molar-refractivity contribution in [1.29, 1.82) is 0 Å². The van der Waals surface area contributed by atoms with Crippen LogP contribution in [-0.4, -0.2) is 19.1 Å². The Balaban J connectivity index is 2.71. The van der Waals surface area contributed by atoms with Gasteiger partial charge in [-0.15, -0.1) is 0 Å². The van der Waals surface area contributed by atoms with Crippen LogP contribution < -0.4 is 5.32 Å². The van der Waals surface area contributed by atoms with Crippen molar-refractivity contribution in [3.8, 4) is 0 Å². The molecule has 0 aliphatic rings. The maximum atomic E-state index is 11.6. The molecule has 1 aromatic rings. The number of anilines is 1. The van der Waals surface area contributed by atoms with Crippen LogP contribution in [0, 0.1) is 5.92 Å². The van der Waals surface area contributed by atoms with Crippen LogP contribution in [0.3, 0.4) is 0 Å². The Kier molecular flexibility index (Phi) is 5.48. The molecule has 17 heavy (non-hydrogen) atoms. The average molecular weight is 300 g/mol. The summed E-state index contributed by atoms with van der Waals surface area (Å²) < 4.78 is 5.81. The lowest BCUT2D eigenvalue weighted by Gasteiger charge is -2.19. The number of methoxy groups -OCH3 is 1. The first kappa shape index (κ1) is 14.0. The van der Waals surface area contributed by atoms with Crippen molar-refractivity contribution in [1.82, 2.24) is 0 Å². The minimum absolute atomic E-state index is 0.221. The largest absolute Gasteiger partial charge is 0.467 e. The molecule has 1 aromatic carbocycles. The van der Waals surface area contributed by atoms with E-state index in [0.29, 0.717) is 5.92 Å². The molecule has 0 aliphatic heterocycles. The third-order valence-electron chi connectivity index (χ3n) is 2.38. The van der Waals surface area contributed by atoms with Gasteiger partial charge in [-0.1, -0.05) is 29.8 Å². The third kappa shape index (κ3) is 4.77. The fourth-order valence-corrected chi connectivity index (χ4v) is 1.84. The van der Waals surface area contributed by atoms with Gasteiger partial charge in [-0.2, -0.15) is 0 Å². The number of hydrogen-bond donors (Lipinski definition) is 1. The highest BCUT2D eigenvalue weighted by Crippen LogP contribution is 2.17. The van der Waals surface area contributed by atoms with E-state index in [1.807, 2.05) is 24.3 Å². The second kappa shape index (κ2) is 6.64. The minimum Gasteiger partial charge on any atom is -0.467 e. The molecule has 0 bridgehead atoms. The van der Waals surface area contributed by atoms with Crippen LogP contribution in [0.2, 0.25) is 0 Å². The summed E-state index contributed by atoms with van der Waals surface area (Å²) in [4.78, 5) is 11.6. The number of ether oxygens (including phenoxy) is 1. The first-order valence-corrected chi connectivity index (χ1v) is 6.42. The molecule has 0 fully saturated rings. The highest BCUT2D eigenvalue weighted by Gasteiger charge is 2.19. The van der Waals surface area contributed by atoms with Crippen molar-refractivity contribution in [2.75, 3.05) is 12.4 Å². The van der Waals surface area contributed by atoms with E-state index < -0.39 is 0 Å². The number of benzene rings is 1. The molecule has 0 spiro atoms. The lowest BCUT2D eigenvalue weighted by Crippen LogP contribution is -2.32. The van der Waals surface area contributed by atoms with Gasteiger partial charge in [0, 0.05) is 10.2 Å². The first-order chi connectivity index (χ1) is 8.02. The monoisotopic (exact) mass is 299 g/mol. The van der Waals surface area contributed by atoms with Gasteiger partial charge in [-0.3, -0.25) is 0 Å². The maximum Gasteiger partial charge on any atom is 0.328 e. The molecule has 1 atom stereocenters. The molecular weight excluding hydrogens is 282 g/mol. The van der Waals surface area contributed by atoms with E-state index in [1.165, 1.54) is 7.11 Å². The van der Waals surface area contributed by atoms with E-state index >= 15 is 0 Å². The lowest BCUT2D eigenvalue weighted by atomic mass is 10.0. The lowest BCUT2D eigenvalue weighted by molar-refractivity contribution is -0.141. The molecule has 0 aromatic heterocycles. The van der Waals surface area contributed by atoms with Gasteiger partial charge in [-0.25, -0.2) is 4.79 Å². The zero-order valence-electron chi connectivity index (χ0n) is 10.4. The number of halogens is 1. The quantitative estimate of drug-likeness (QED) is 0.846. The van der Waals surface area contributed by atoms with Gasteiger partial charge in [0.05, 0.1) is 7.11 Å². The zero-order chi connectivity index (χ0) is 12.8. The Morgan fingerprint density at radius 1 is 1.35 bits per heavy atom. The number of hydrogen-bond acceptors (Lipinski definition) is 3. The highest BCUT2D eigenvalue weighted by atomic mass is 79.9. The van der Waals surface area contributed by atoms with Crippen LogP contribution >= 0.6 is 15.9 Å². The van der Waals surface area contributed by atoms with E-state index in [2.05, 4.69) is 35.1 Å². The first-order valence-electron chi connectivity index (χ1n) is 5.63. The smallest absolute Gasteiger partial charge is 0.328 e. The predicted molar refractivity (Wildman–Crippen MR) is 73.0 cm³/mol. The Morgan fingerprint density at radius 3 is 2.41 bits per heavy atom. The van der Waals surface area contributed by atoms with Crippen LogP contribution in [0.5, 0.6) is 0 Å². The Labute approximate surface area is 111 Å². The van der Waals surface area contributed by atoms with Crippen LogP contribution in [0.1, 0.15) is 20.3 Å². The number of esters is 1. The molecule has 1 rings (SSSR count). The van der Waals surface area contributed by atoms with Crippen molar-refractivity contribution < 1.29 is 9.53 Å². The van der Waals surface area contributed by atoms with E-state index in [1.54, 1.807) is 0 Å². The summed E-state index contributed by atoms with van der Waals surface area (Å²) in [6, 6.07) is 7.44. The van der Waals surface area contributed by atoms with E-state index in [-0.39, 0.29) is 12.0 Å². The summed E-state index contributed by atoms with van der Waals surface area (Å²) in [5.41, 5.74) is 0.921. The summed E-state index contributed by atoms with van der Waals surface area (Å²) in [5, 5.41) is 3.19. The molecule has 1 unspecified atom stereocenters. The van der Waals surface area contributed by atoms with Crippen LogP contribution in [0.15, 0.2) is 28.7 Å². The topological polar surface area (TPSA) is 38.3 Å². The molecule has 3 nitrogen and oxygen atoms in total. The third-order valence-corrected chi connectivity index (χ3v) is 2.91. The molecule has 0 saturated carbocycles. The molecule has 0 amide bonds. The van der Waals surface area contributed by atoms with Gasteiger partial charge < -0.3 is 10.1 Å². The van der Waals surface area contributed by atoms with Gasteiger partial charge >= 0.3 is 5.97 Å². The number of carbonyl (C=O) groups excluding carboxylic acids is 1. The summed E-state index contributed by atoms with van der Waals surface area (Å²) in [6.07, 6.45) is 0.753. The molecule has 1 N–H and O–H groups in total. The second-order valence-corrected chi connectivity index (χ2v) is 5.27. The summed E-state index contributed by atoms with van der Waals surface area (Å²) in [7, 11) is 1.42. The van der Waals surface area contributed by atoms with Crippen molar-refractivity contribution in [3.63, 3.8) is 0 Å². The SMILES string of the molecule is COC(=O)C(CC(C)C)Nc1ccc(Br)cc1. The highest BCUT2D eigenvalue weighted by molar-refractivity contribution is 9.10. The van der Waals surface area contributed by atoms with E-state index in [9.17, 15) is 4.79 Å². The normalized spacial score (nSPS) is 12.3. The maximum absolute atomic E-state index is 11.6. The Bertz CT molecular complexity index is 362. The summed E-state index contributed by atoms with van der Waals surface area (Å²) in [6.45, 7) is 4.17. The summed E-state index contributed by atoms with van der Waals surface area (Å²) >= 11 is 3.38. The molecule has 0 saturated heterocycles. The van der Waals surface area contributed by atoms with Crippen molar-refractivity contribution in [2.24, 2.45) is 5.92 Å². The molecule has 0 radical (unpaired) electrons. The van der Waals surface area contributed by atoms with Gasteiger partial charge in [0.2, 0.25) is 0 Å². The van der Waals surface area contributed by atoms with Crippen LogP contribution in [0.4, 0.5) is 5.69 Å². The molecule has 94 valence electrons. The van der Waals surface area contributed by atoms with Crippen molar-refractivity contribution in [2.45, 2.75) is 26.3 Å². The van der Waals surface area contributed by atoms with Gasteiger partial charge in [0.15, 0.2) is 0 Å². The fourth-order valence-electron chi connectivity index (χ4n) is 1.58. The molecule has 0 aliphatic carbocycles.